The predicted octanol–water partition coefficient (Wildman–Crippen LogP) is 18.7. The van der Waals surface area contributed by atoms with Crippen molar-refractivity contribution >= 4 is 139 Å². The van der Waals surface area contributed by atoms with Gasteiger partial charge in [-0.25, -0.2) is 39.4 Å². The number of amides is 3. The smallest absolute Gasteiger partial charge is 0.281 e. The number of sulfonamides is 3. The summed E-state index contributed by atoms with van der Waals surface area (Å²) in [5, 5.41) is 5.26. The first-order chi connectivity index (χ1) is 52.9. The Hall–Kier alpha value is -10.2. The number of aromatic amines is 3. The van der Waals surface area contributed by atoms with Crippen LogP contribution < -0.4 is 28.4 Å². The van der Waals surface area contributed by atoms with Gasteiger partial charge in [-0.15, -0.1) is 0 Å². The zero-order chi connectivity index (χ0) is 79.5. The fraction of sp³-hybridized carbons (Fsp3) is 0.193. The zero-order valence-electron chi connectivity index (χ0n) is 61.2. The Bertz CT molecular complexity index is 5700. The molecule has 5 heterocycles. The summed E-state index contributed by atoms with van der Waals surface area (Å²) in [7, 11) is -11.8. The predicted molar refractivity (Wildman–Crippen MR) is 440 cm³/mol. The van der Waals surface area contributed by atoms with Crippen LogP contribution in [-0.4, -0.2) is 94.0 Å². The van der Waals surface area contributed by atoms with E-state index in [4.69, 9.17) is 72.2 Å². The van der Waals surface area contributed by atoms with Gasteiger partial charge in [-0.3, -0.25) is 24.4 Å². The molecule has 3 amide bonds. The van der Waals surface area contributed by atoms with Crippen molar-refractivity contribution in [1.29, 1.82) is 0 Å². The highest BCUT2D eigenvalue weighted by Crippen LogP contribution is 2.38. The van der Waals surface area contributed by atoms with Gasteiger partial charge in [0.1, 0.15) is 34.3 Å². The molecule has 6 N–H and O–H groups in total. The number of pyridine rings is 2. The van der Waals surface area contributed by atoms with Crippen molar-refractivity contribution < 1.29 is 53.8 Å². The molecule has 0 bridgehead atoms. The summed E-state index contributed by atoms with van der Waals surface area (Å²) in [5.41, 5.74) is 14.3. The number of rotatable bonds is 25. The second-order valence-corrected chi connectivity index (χ2v) is 33.5. The van der Waals surface area contributed by atoms with E-state index in [2.05, 4.69) is 34.4 Å². The van der Waals surface area contributed by atoms with Gasteiger partial charge in [0.05, 0.1) is 56.9 Å². The zero-order valence-corrected chi connectivity index (χ0v) is 67.5. The Morgan fingerprint density at radius 1 is 0.396 bits per heavy atom. The standard InChI is InChI=1S/2C32H30ClN3O4S.C19H17Cl3N2O4S/c1-20-17-23(18-21(2)29(20)33)40-16-8-13-28-27-12-7-11-26(25-14-15-34-19-22(25)3)30(27)35-31(28)32(37)36-41(38,39)24-9-5-4-6-10-24;1-20-14-15-34-19-28(20)27-12-7-11-25-26(13-8-16-40-23-17-21(2)29(33)22(3)18-23)31(35-30(25)27)32(37)36-41(38,39)24-9-5-4-6-10-24;1-29(26,27)24-19(25)18-14(13-6-4-11(20)9-17(13)23-18)3-2-8-28-12-5-7-15(21)16(22)10-12/h2*4-7,9-12,14-15,17-19,35H,8,13,16H2,1-3H3,(H,36,37);4-7,9-10,23H,2-3,8H2,1H3,(H,24,25). The normalized spacial score (nSPS) is 11.5. The van der Waals surface area contributed by atoms with Crippen molar-refractivity contribution in [3.8, 4) is 39.5 Å². The van der Waals surface area contributed by atoms with E-state index in [0.29, 0.717) is 90.2 Å². The number of hydrogen-bond donors (Lipinski definition) is 6. The summed E-state index contributed by atoms with van der Waals surface area (Å²) in [5.74, 6) is -0.128. The van der Waals surface area contributed by atoms with E-state index in [1.54, 1.807) is 97.6 Å². The highest BCUT2D eigenvalue weighted by atomic mass is 35.5. The molecule has 0 saturated heterocycles. The Kier molecular flexibility index (Phi) is 26.4. The van der Waals surface area contributed by atoms with Crippen LogP contribution in [0.1, 0.15) is 101 Å². The van der Waals surface area contributed by atoms with Crippen molar-refractivity contribution in [3.05, 3.63) is 287 Å². The van der Waals surface area contributed by atoms with E-state index in [1.807, 2.05) is 119 Å². The summed E-state index contributed by atoms with van der Waals surface area (Å²) in [4.78, 5) is 57.5. The summed E-state index contributed by atoms with van der Waals surface area (Å²) in [6.45, 7) is 12.9. The molecule has 574 valence electrons. The molecule has 8 aromatic carbocycles. The third-order valence-electron chi connectivity index (χ3n) is 18.1. The average molecular weight is 1650 g/mol. The number of fused-ring (bicyclic) bond motifs is 3. The Morgan fingerprint density at radius 2 is 0.838 bits per heavy atom. The third-order valence-corrected chi connectivity index (χ3v) is 23.6. The second-order valence-electron chi connectivity index (χ2n) is 26.3. The molecule has 0 spiro atoms. The van der Waals surface area contributed by atoms with Gasteiger partial charge in [0, 0.05) is 84.3 Å². The average Bonchev–Trinajstić information content (AvgIpc) is 1.62. The molecule has 0 aliphatic heterocycles. The maximum atomic E-state index is 13.5. The quantitative estimate of drug-likeness (QED) is 0.0290. The molecular weight excluding hydrogens is 1570 g/mol. The number of benzene rings is 8. The minimum atomic E-state index is -4.07. The maximum absolute atomic E-state index is 13.5. The first kappa shape index (κ1) is 81.8. The van der Waals surface area contributed by atoms with Crippen molar-refractivity contribution in [2.45, 2.75) is 89.9 Å². The highest BCUT2D eigenvalue weighted by Gasteiger charge is 2.28. The Labute approximate surface area is 668 Å². The monoisotopic (exact) mass is 1650 g/mol. The first-order valence-electron chi connectivity index (χ1n) is 35.0. The van der Waals surface area contributed by atoms with Gasteiger partial charge < -0.3 is 29.2 Å². The van der Waals surface area contributed by atoms with Crippen LogP contribution in [-0.2, 0) is 49.3 Å². The molecule has 0 aliphatic rings. The van der Waals surface area contributed by atoms with Gasteiger partial charge in [0.15, 0.2) is 0 Å². The van der Waals surface area contributed by atoms with Gasteiger partial charge in [-0.1, -0.05) is 137 Å². The lowest BCUT2D eigenvalue weighted by Crippen LogP contribution is -2.31. The summed E-state index contributed by atoms with van der Waals surface area (Å²) in [6, 6.07) is 49.0. The molecule has 13 aromatic rings. The number of nitrogens with one attached hydrogen (secondary N) is 6. The van der Waals surface area contributed by atoms with Gasteiger partial charge in [0.25, 0.3) is 37.8 Å². The highest BCUT2D eigenvalue weighted by molar-refractivity contribution is 7.90. The van der Waals surface area contributed by atoms with E-state index < -0.39 is 47.8 Å². The molecule has 20 nitrogen and oxygen atoms in total. The molecule has 0 aliphatic carbocycles. The van der Waals surface area contributed by atoms with Crippen LogP contribution in [0.4, 0.5) is 0 Å². The summed E-state index contributed by atoms with van der Waals surface area (Å²) >= 11 is 30.5. The number of aryl methyl sites for hydroxylation is 9. The van der Waals surface area contributed by atoms with E-state index in [9.17, 15) is 39.6 Å². The minimum Gasteiger partial charge on any atom is -0.494 e. The lowest BCUT2D eigenvalue weighted by Gasteiger charge is -2.11. The molecular formula is C83H77Cl5N8O12S3. The molecule has 28 heteroatoms. The van der Waals surface area contributed by atoms with E-state index >= 15 is 0 Å². The van der Waals surface area contributed by atoms with E-state index in [1.165, 1.54) is 24.3 Å². The van der Waals surface area contributed by atoms with Crippen LogP contribution in [0, 0.1) is 41.5 Å². The number of H-pyrrole nitrogens is 3. The van der Waals surface area contributed by atoms with Crippen molar-refractivity contribution in [3.63, 3.8) is 0 Å². The number of hydrogen-bond acceptors (Lipinski definition) is 14. The lowest BCUT2D eigenvalue weighted by atomic mass is 9.98. The summed E-state index contributed by atoms with van der Waals surface area (Å²) < 4.78 is 99.0. The number of nitrogens with zero attached hydrogens (tertiary/aromatic N) is 2. The Morgan fingerprint density at radius 3 is 1.31 bits per heavy atom. The van der Waals surface area contributed by atoms with Crippen LogP contribution in [0.2, 0.25) is 25.1 Å². The third kappa shape index (κ3) is 20.1. The number of para-hydroxylation sites is 2. The molecule has 0 radical (unpaired) electrons. The van der Waals surface area contributed by atoms with Crippen molar-refractivity contribution in [1.82, 2.24) is 39.1 Å². The molecule has 0 atom stereocenters. The van der Waals surface area contributed by atoms with Gasteiger partial charge in [-0.2, -0.15) is 0 Å². The largest absolute Gasteiger partial charge is 0.494 e. The van der Waals surface area contributed by atoms with Gasteiger partial charge in [-0.05, 0) is 221 Å². The minimum absolute atomic E-state index is 0.0136. The van der Waals surface area contributed by atoms with Crippen molar-refractivity contribution in [2.75, 3.05) is 26.1 Å². The van der Waals surface area contributed by atoms with Crippen LogP contribution in [0.25, 0.3) is 55.0 Å². The van der Waals surface area contributed by atoms with Crippen LogP contribution in [0.3, 0.4) is 0 Å². The number of carbonyl (C=O) groups is 3. The van der Waals surface area contributed by atoms with Crippen LogP contribution >= 0.6 is 58.0 Å². The topological polar surface area (TPSA) is 291 Å². The SMILES string of the molecule is CS(=O)(=O)NC(=O)c1[nH]c2cc(Cl)ccc2c1CCCOc1ccc(Cl)c(Cl)c1.Cc1ccncc1-c1cccc2c(CCCOc3cc(C)c(Cl)c(C)c3)c(C(=O)NS(=O)(=O)c3ccccc3)[nH]c12.Cc1cnccc1-c1cccc2c(CCCOc3cc(C)c(Cl)c(C)c3)c(C(=O)NS(=O)(=O)c3ccccc3)[nH]c12. The summed E-state index contributed by atoms with van der Waals surface area (Å²) in [6.07, 6.45) is 11.2. The maximum Gasteiger partial charge on any atom is 0.281 e. The number of ether oxygens (including phenoxy) is 3. The fourth-order valence-electron chi connectivity index (χ4n) is 12.9. The van der Waals surface area contributed by atoms with E-state index in [-0.39, 0.29) is 26.9 Å². The van der Waals surface area contributed by atoms with Gasteiger partial charge >= 0.3 is 0 Å². The molecule has 5 aromatic heterocycles. The van der Waals surface area contributed by atoms with E-state index in [0.717, 1.165) is 122 Å². The number of aromatic nitrogens is 5. The van der Waals surface area contributed by atoms with Crippen LogP contribution in [0.5, 0.6) is 17.2 Å². The number of carbonyl (C=O) groups excluding carboxylic acids is 3. The van der Waals surface area contributed by atoms with Gasteiger partial charge in [0.2, 0.25) is 10.0 Å². The fourth-order valence-corrected chi connectivity index (χ4v) is 15.9. The molecule has 0 fully saturated rings. The first-order valence-corrected chi connectivity index (χ1v) is 41.7. The molecule has 13 rings (SSSR count). The second kappa shape index (κ2) is 35.9. The molecule has 0 saturated carbocycles. The number of halogens is 5. The Balaban J connectivity index is 0.000000168. The lowest BCUT2D eigenvalue weighted by molar-refractivity contribution is 0.0967. The van der Waals surface area contributed by atoms with Crippen molar-refractivity contribution in [2.24, 2.45) is 0 Å². The van der Waals surface area contributed by atoms with Crippen LogP contribution in [0.15, 0.2) is 204 Å². The molecule has 111 heavy (non-hydrogen) atoms. The molecule has 0 unspecified atom stereocenters.